The molecule has 0 unspecified atom stereocenters. The summed E-state index contributed by atoms with van der Waals surface area (Å²) in [6, 6.07) is 4.67. The highest BCUT2D eigenvalue weighted by atomic mass is 15.1. The molecule has 0 bridgehead atoms. The molecule has 0 saturated heterocycles. The van der Waals surface area contributed by atoms with Gasteiger partial charge in [-0.25, -0.2) is 0 Å². The van der Waals surface area contributed by atoms with Crippen LogP contribution in [0.1, 0.15) is 23.6 Å². The summed E-state index contributed by atoms with van der Waals surface area (Å²) in [6.07, 6.45) is 1.19. The molecule has 15 heavy (non-hydrogen) atoms. The molecular weight excluding hydrogens is 184 g/mol. The fraction of sp³-hybridized carbons (Fsp3) is 0.538. The smallest absolute Gasteiger partial charge is 0.0373 e. The van der Waals surface area contributed by atoms with Gasteiger partial charge in [-0.2, -0.15) is 0 Å². The minimum atomic E-state index is 0.996. The summed E-state index contributed by atoms with van der Waals surface area (Å²) >= 11 is 0. The molecule has 0 fully saturated rings. The Morgan fingerprint density at radius 2 is 2.13 bits per heavy atom. The van der Waals surface area contributed by atoms with E-state index in [1.54, 1.807) is 0 Å². The van der Waals surface area contributed by atoms with Crippen LogP contribution in [0.4, 0.5) is 5.69 Å². The molecule has 1 aromatic rings. The summed E-state index contributed by atoms with van der Waals surface area (Å²) in [5.41, 5.74) is 5.70. The summed E-state index contributed by atoms with van der Waals surface area (Å²) < 4.78 is 0. The van der Waals surface area contributed by atoms with E-state index in [4.69, 9.17) is 0 Å². The van der Waals surface area contributed by atoms with Crippen LogP contribution in [-0.4, -0.2) is 25.0 Å². The predicted molar refractivity (Wildman–Crippen MR) is 65.4 cm³/mol. The van der Waals surface area contributed by atoms with E-state index in [2.05, 4.69) is 43.2 Å². The van der Waals surface area contributed by atoms with Crippen LogP contribution in [-0.2, 0) is 13.0 Å². The molecule has 1 aromatic carbocycles. The summed E-state index contributed by atoms with van der Waals surface area (Å²) in [4.78, 5) is 2.38. The van der Waals surface area contributed by atoms with E-state index in [1.165, 1.54) is 35.3 Å². The first-order chi connectivity index (χ1) is 7.20. The lowest BCUT2D eigenvalue weighted by molar-refractivity contribution is 0.313. The minimum Gasteiger partial charge on any atom is -0.385 e. The molecule has 2 heteroatoms. The first-order valence-corrected chi connectivity index (χ1v) is 5.75. The molecule has 2 nitrogen and oxygen atoms in total. The molecule has 1 aliphatic heterocycles. The van der Waals surface area contributed by atoms with Crippen LogP contribution in [0, 0.1) is 6.92 Å². The molecule has 82 valence electrons. The molecule has 0 atom stereocenters. The average molecular weight is 204 g/mol. The van der Waals surface area contributed by atoms with E-state index < -0.39 is 0 Å². The second-order valence-corrected chi connectivity index (χ2v) is 4.45. The third-order valence-electron chi connectivity index (χ3n) is 3.12. The lowest BCUT2D eigenvalue weighted by Gasteiger charge is -2.26. The van der Waals surface area contributed by atoms with Crippen molar-refractivity contribution < 1.29 is 0 Å². The largest absolute Gasteiger partial charge is 0.385 e. The maximum absolute atomic E-state index is 3.42. The lowest BCUT2D eigenvalue weighted by atomic mass is 9.96. The summed E-state index contributed by atoms with van der Waals surface area (Å²) in [5.74, 6) is 0. The first kappa shape index (κ1) is 10.5. The Hall–Kier alpha value is -1.02. The Morgan fingerprint density at radius 1 is 1.33 bits per heavy atom. The van der Waals surface area contributed by atoms with E-state index in [9.17, 15) is 0 Å². The average Bonchev–Trinajstić information content (AvgIpc) is 2.20. The van der Waals surface area contributed by atoms with Crippen molar-refractivity contribution in [2.45, 2.75) is 26.8 Å². The zero-order chi connectivity index (χ0) is 10.8. The van der Waals surface area contributed by atoms with E-state index in [0.29, 0.717) is 0 Å². The molecule has 0 spiro atoms. The monoisotopic (exact) mass is 204 g/mol. The van der Waals surface area contributed by atoms with E-state index in [0.717, 1.165) is 13.1 Å². The number of aryl methyl sites for hydroxylation is 1. The van der Waals surface area contributed by atoms with Gasteiger partial charge in [-0.1, -0.05) is 6.07 Å². The summed E-state index contributed by atoms with van der Waals surface area (Å²) in [5, 5.41) is 3.42. The van der Waals surface area contributed by atoms with E-state index in [-0.39, 0.29) is 0 Å². The number of nitrogens with one attached hydrogen (secondary N) is 1. The number of benzene rings is 1. The maximum Gasteiger partial charge on any atom is 0.0373 e. The number of anilines is 1. The maximum atomic E-state index is 3.42. The van der Waals surface area contributed by atoms with Gasteiger partial charge in [0.25, 0.3) is 0 Å². The molecule has 2 rings (SSSR count). The third kappa shape index (κ3) is 2.15. The molecule has 0 radical (unpaired) electrons. The SMILES string of the molecule is CCNc1cc2c(cc1C)CCN(C)C2. The van der Waals surface area contributed by atoms with Crippen LogP contribution >= 0.6 is 0 Å². The number of likely N-dealkylation sites (N-methyl/N-ethyl adjacent to an activating group) is 1. The van der Waals surface area contributed by atoms with Crippen molar-refractivity contribution in [1.29, 1.82) is 0 Å². The molecule has 1 heterocycles. The van der Waals surface area contributed by atoms with Crippen LogP contribution in [0.15, 0.2) is 12.1 Å². The third-order valence-corrected chi connectivity index (χ3v) is 3.12. The van der Waals surface area contributed by atoms with E-state index in [1.807, 2.05) is 0 Å². The molecule has 0 aromatic heterocycles. The molecule has 1 aliphatic rings. The number of nitrogens with zero attached hydrogens (tertiary/aromatic N) is 1. The van der Waals surface area contributed by atoms with Gasteiger partial charge >= 0.3 is 0 Å². The van der Waals surface area contributed by atoms with Gasteiger partial charge in [-0.3, -0.25) is 0 Å². The second kappa shape index (κ2) is 4.23. The van der Waals surface area contributed by atoms with Gasteiger partial charge in [0.1, 0.15) is 0 Å². The standard InChI is InChI=1S/C13H20N2/c1-4-14-13-8-12-9-15(3)6-5-11(12)7-10(13)2/h7-8,14H,4-6,9H2,1-3H3. The Labute approximate surface area is 92.3 Å². The Balaban J connectivity index is 2.34. The van der Waals surface area contributed by atoms with Gasteiger partial charge in [0.15, 0.2) is 0 Å². The number of hydrogen-bond donors (Lipinski definition) is 1. The van der Waals surface area contributed by atoms with Gasteiger partial charge in [0, 0.05) is 25.3 Å². The zero-order valence-corrected chi connectivity index (χ0v) is 9.93. The van der Waals surface area contributed by atoms with Crippen molar-refractivity contribution in [1.82, 2.24) is 4.90 Å². The quantitative estimate of drug-likeness (QED) is 0.796. The van der Waals surface area contributed by atoms with E-state index >= 15 is 0 Å². The number of hydrogen-bond acceptors (Lipinski definition) is 2. The molecule has 0 saturated carbocycles. The van der Waals surface area contributed by atoms with Crippen LogP contribution in [0.25, 0.3) is 0 Å². The fourth-order valence-electron chi connectivity index (χ4n) is 2.25. The second-order valence-electron chi connectivity index (χ2n) is 4.45. The highest BCUT2D eigenvalue weighted by Gasteiger charge is 2.14. The van der Waals surface area contributed by atoms with Crippen LogP contribution < -0.4 is 5.32 Å². The highest BCUT2D eigenvalue weighted by molar-refractivity contribution is 5.55. The predicted octanol–water partition coefficient (Wildman–Crippen LogP) is 2.41. The van der Waals surface area contributed by atoms with Gasteiger partial charge in [-0.15, -0.1) is 0 Å². The van der Waals surface area contributed by atoms with Crippen molar-refractivity contribution >= 4 is 5.69 Å². The Kier molecular flexibility index (Phi) is 2.96. The normalized spacial score (nSPS) is 16.2. The van der Waals surface area contributed by atoms with Crippen molar-refractivity contribution in [3.05, 3.63) is 28.8 Å². The van der Waals surface area contributed by atoms with Gasteiger partial charge in [0.05, 0.1) is 0 Å². The Morgan fingerprint density at radius 3 is 2.87 bits per heavy atom. The van der Waals surface area contributed by atoms with Crippen molar-refractivity contribution in [3.63, 3.8) is 0 Å². The molecule has 0 amide bonds. The Bertz CT molecular complexity index is 358. The molecule has 1 N–H and O–H groups in total. The van der Waals surface area contributed by atoms with Crippen molar-refractivity contribution in [3.8, 4) is 0 Å². The molecular formula is C13H20N2. The van der Waals surface area contributed by atoms with Crippen LogP contribution in [0.5, 0.6) is 0 Å². The molecule has 0 aliphatic carbocycles. The number of rotatable bonds is 2. The van der Waals surface area contributed by atoms with Crippen molar-refractivity contribution in [2.24, 2.45) is 0 Å². The number of fused-ring (bicyclic) bond motifs is 1. The minimum absolute atomic E-state index is 0.996. The summed E-state index contributed by atoms with van der Waals surface area (Å²) in [7, 11) is 2.19. The van der Waals surface area contributed by atoms with Gasteiger partial charge < -0.3 is 10.2 Å². The lowest BCUT2D eigenvalue weighted by Crippen LogP contribution is -2.26. The van der Waals surface area contributed by atoms with Gasteiger partial charge in [0.2, 0.25) is 0 Å². The first-order valence-electron chi connectivity index (χ1n) is 5.75. The fourth-order valence-corrected chi connectivity index (χ4v) is 2.25. The highest BCUT2D eigenvalue weighted by Crippen LogP contribution is 2.25. The van der Waals surface area contributed by atoms with Gasteiger partial charge in [-0.05, 0) is 50.1 Å². The van der Waals surface area contributed by atoms with Crippen LogP contribution in [0.3, 0.4) is 0 Å². The van der Waals surface area contributed by atoms with Crippen molar-refractivity contribution in [2.75, 3.05) is 25.5 Å². The summed E-state index contributed by atoms with van der Waals surface area (Å²) in [6.45, 7) is 7.61. The topological polar surface area (TPSA) is 15.3 Å². The van der Waals surface area contributed by atoms with Crippen LogP contribution in [0.2, 0.25) is 0 Å². The zero-order valence-electron chi connectivity index (χ0n) is 9.93.